The summed E-state index contributed by atoms with van der Waals surface area (Å²) in [6, 6.07) is 12.7. The van der Waals surface area contributed by atoms with E-state index in [1.165, 1.54) is 27.7 Å². The fourth-order valence-corrected chi connectivity index (χ4v) is 5.09. The maximum atomic E-state index is 14.2. The third-order valence-corrected chi connectivity index (χ3v) is 7.17. The number of rotatable bonds is 8. The molecule has 0 saturated carbocycles. The summed E-state index contributed by atoms with van der Waals surface area (Å²) in [7, 11) is 0. The van der Waals surface area contributed by atoms with Crippen LogP contribution in [-0.4, -0.2) is 45.7 Å². The molecule has 2 aromatic carbocycles. The summed E-state index contributed by atoms with van der Waals surface area (Å²) in [6.07, 6.45) is 0.678. The van der Waals surface area contributed by atoms with Crippen molar-refractivity contribution in [2.75, 3.05) is 18.1 Å². The summed E-state index contributed by atoms with van der Waals surface area (Å²) in [4.78, 5) is 45.6. The Kier molecular flexibility index (Phi) is 7.68. The molecule has 1 saturated heterocycles. The van der Waals surface area contributed by atoms with Crippen molar-refractivity contribution in [3.8, 4) is 5.75 Å². The maximum absolute atomic E-state index is 14.2. The van der Waals surface area contributed by atoms with E-state index >= 15 is 0 Å². The zero-order valence-electron chi connectivity index (χ0n) is 22.4. The molecular weight excluding hydrogens is 519 g/mol. The van der Waals surface area contributed by atoms with Crippen molar-refractivity contribution < 1.29 is 28.6 Å². The Hall–Kier alpha value is -4.09. The van der Waals surface area contributed by atoms with Gasteiger partial charge in [0.25, 0.3) is 11.5 Å². The quantitative estimate of drug-likeness (QED) is 0.442. The molecule has 0 aliphatic carbocycles. The van der Waals surface area contributed by atoms with Crippen LogP contribution in [0.3, 0.4) is 0 Å². The maximum Gasteiger partial charge on any atom is 0.296 e. The molecule has 3 heterocycles. The molecule has 3 aromatic rings. The van der Waals surface area contributed by atoms with Crippen molar-refractivity contribution in [1.29, 1.82) is 0 Å². The van der Waals surface area contributed by atoms with Gasteiger partial charge in [-0.3, -0.25) is 19.0 Å². The molecule has 1 unspecified atom stereocenters. The highest BCUT2D eigenvalue weighted by molar-refractivity contribution is 5.97. The molecule has 1 aromatic heterocycles. The van der Waals surface area contributed by atoms with E-state index in [2.05, 4.69) is 10.3 Å². The minimum atomic E-state index is -0.913. The van der Waals surface area contributed by atoms with E-state index in [-0.39, 0.29) is 55.8 Å². The Bertz CT molecular complexity index is 1490. The van der Waals surface area contributed by atoms with Crippen LogP contribution >= 0.6 is 0 Å². The highest BCUT2D eigenvalue weighted by Gasteiger charge is 2.36. The molecule has 210 valence electrons. The van der Waals surface area contributed by atoms with Gasteiger partial charge in [0.1, 0.15) is 23.8 Å². The number of aliphatic hydroxyl groups is 1. The minimum absolute atomic E-state index is 0.0546. The van der Waals surface area contributed by atoms with Crippen molar-refractivity contribution >= 4 is 17.5 Å². The number of aromatic nitrogens is 2. The van der Waals surface area contributed by atoms with E-state index in [1.807, 2.05) is 30.3 Å². The van der Waals surface area contributed by atoms with Gasteiger partial charge in [0.15, 0.2) is 5.69 Å². The van der Waals surface area contributed by atoms with Crippen molar-refractivity contribution in [3.63, 3.8) is 0 Å². The molecule has 0 radical (unpaired) electrons. The van der Waals surface area contributed by atoms with Crippen LogP contribution in [0.25, 0.3) is 0 Å². The lowest BCUT2D eigenvalue weighted by Gasteiger charge is -2.33. The predicted octanol–water partition coefficient (Wildman–Crippen LogP) is 2.64. The van der Waals surface area contributed by atoms with Gasteiger partial charge in [0, 0.05) is 13.0 Å². The molecule has 2 amide bonds. The molecule has 2 aliphatic heterocycles. The smallest absolute Gasteiger partial charge is 0.296 e. The number of aliphatic hydroxyl groups excluding tert-OH is 1. The molecule has 0 spiro atoms. The predicted molar refractivity (Wildman–Crippen MR) is 143 cm³/mol. The Morgan fingerprint density at radius 3 is 2.75 bits per heavy atom. The number of anilines is 1. The largest absolute Gasteiger partial charge is 0.481 e. The third kappa shape index (κ3) is 5.34. The molecule has 0 bridgehead atoms. The van der Waals surface area contributed by atoms with Crippen LogP contribution in [0.5, 0.6) is 5.75 Å². The lowest BCUT2D eigenvalue weighted by molar-refractivity contribution is -0.117. The summed E-state index contributed by atoms with van der Waals surface area (Å²) >= 11 is 0. The van der Waals surface area contributed by atoms with Crippen LogP contribution in [-0.2, 0) is 34.8 Å². The third-order valence-electron chi connectivity index (χ3n) is 7.17. The van der Waals surface area contributed by atoms with Crippen molar-refractivity contribution in [2.45, 2.75) is 58.0 Å². The van der Waals surface area contributed by atoms with E-state index in [9.17, 15) is 23.9 Å². The van der Waals surface area contributed by atoms with Crippen molar-refractivity contribution in [2.24, 2.45) is 0 Å². The lowest BCUT2D eigenvalue weighted by Crippen LogP contribution is -2.43. The first-order valence-electron chi connectivity index (χ1n) is 13.1. The first kappa shape index (κ1) is 27.5. The van der Waals surface area contributed by atoms with Gasteiger partial charge in [-0.05, 0) is 43.5 Å². The molecule has 40 heavy (non-hydrogen) atoms. The van der Waals surface area contributed by atoms with E-state index in [0.717, 1.165) is 5.56 Å². The fourth-order valence-electron chi connectivity index (χ4n) is 5.09. The summed E-state index contributed by atoms with van der Waals surface area (Å²) in [5, 5.41) is 12.5. The number of fused-ring (bicyclic) bond motifs is 1. The molecule has 1 atom stereocenters. The number of amides is 2. The number of nitrogens with one attached hydrogen (secondary N) is 1. The molecule has 2 aliphatic rings. The Balaban J connectivity index is 1.47. The molecule has 5 rings (SSSR count). The van der Waals surface area contributed by atoms with Crippen LogP contribution in [0.4, 0.5) is 10.1 Å². The lowest BCUT2D eigenvalue weighted by atomic mass is 10.1. The zero-order chi connectivity index (χ0) is 28.4. The first-order chi connectivity index (χ1) is 19.2. The molecule has 2 N–H and O–H groups in total. The number of hydrogen-bond donors (Lipinski definition) is 2. The van der Waals surface area contributed by atoms with Crippen LogP contribution in [0.1, 0.15) is 54.1 Å². The second-order valence-corrected chi connectivity index (χ2v) is 10.3. The van der Waals surface area contributed by atoms with Gasteiger partial charge < -0.3 is 24.8 Å². The summed E-state index contributed by atoms with van der Waals surface area (Å²) in [6.45, 7) is 3.81. The van der Waals surface area contributed by atoms with E-state index in [4.69, 9.17) is 9.47 Å². The summed E-state index contributed by atoms with van der Waals surface area (Å²) in [5.74, 6) is -1.34. The van der Waals surface area contributed by atoms with Gasteiger partial charge in [-0.1, -0.05) is 36.4 Å². The van der Waals surface area contributed by atoms with E-state index < -0.39 is 28.9 Å². The van der Waals surface area contributed by atoms with Gasteiger partial charge in [-0.2, -0.15) is 0 Å². The average Bonchev–Trinajstić information content (AvgIpc) is 3.32. The fraction of sp³-hybridized carbons (Fsp3) is 0.379. The Morgan fingerprint density at radius 1 is 1.23 bits per heavy atom. The second kappa shape index (κ2) is 11.2. The van der Waals surface area contributed by atoms with Crippen LogP contribution in [0.15, 0.2) is 53.3 Å². The number of nitrogens with zero attached hydrogens (tertiary/aromatic N) is 3. The molecule has 10 nitrogen and oxygen atoms in total. The van der Waals surface area contributed by atoms with Gasteiger partial charge in [-0.25, -0.2) is 9.37 Å². The van der Waals surface area contributed by atoms with Crippen molar-refractivity contribution in [1.82, 2.24) is 14.9 Å². The molecular formula is C29H31FN4O6. The van der Waals surface area contributed by atoms with Crippen LogP contribution in [0, 0.1) is 5.82 Å². The zero-order valence-corrected chi connectivity index (χ0v) is 22.4. The standard InChI is InChI=1S/C29H31FN4O6/c1-29(2)28-32-24(25(27(38)33(28)12-13-40-29)39-17-18-6-4-3-5-7-18)26(37)31-15-19-8-9-20(30)14-22(19)34-21(16-35)10-11-23(34)36/h3-9,14,21,35H,10-13,15-17H2,1-2H3,(H,31,37). The number of benzene rings is 2. The molecule has 11 heteroatoms. The monoisotopic (exact) mass is 550 g/mol. The van der Waals surface area contributed by atoms with E-state index in [0.29, 0.717) is 24.4 Å². The van der Waals surface area contributed by atoms with Crippen LogP contribution < -0.4 is 20.5 Å². The number of ether oxygens (including phenoxy) is 2. The van der Waals surface area contributed by atoms with E-state index in [1.54, 1.807) is 13.8 Å². The topological polar surface area (TPSA) is 123 Å². The average molecular weight is 551 g/mol. The van der Waals surface area contributed by atoms with Gasteiger partial charge in [-0.15, -0.1) is 0 Å². The summed E-state index contributed by atoms with van der Waals surface area (Å²) < 4.78 is 27.4. The normalized spacial score (nSPS) is 17.9. The highest BCUT2D eigenvalue weighted by Crippen LogP contribution is 2.31. The highest BCUT2D eigenvalue weighted by atomic mass is 19.1. The number of halogens is 1. The summed E-state index contributed by atoms with van der Waals surface area (Å²) in [5.41, 5.74) is -0.0456. The van der Waals surface area contributed by atoms with Crippen LogP contribution in [0.2, 0.25) is 0 Å². The number of carbonyl (C=O) groups excluding carboxylic acids is 2. The molecule has 1 fully saturated rings. The SMILES string of the molecule is CC1(C)OCCn2c1nc(C(=O)NCc1ccc(F)cc1N1C(=O)CCC1CO)c(OCc1ccccc1)c2=O. The van der Waals surface area contributed by atoms with Gasteiger partial charge in [0.2, 0.25) is 11.7 Å². The van der Waals surface area contributed by atoms with Gasteiger partial charge in [0.05, 0.1) is 31.5 Å². The second-order valence-electron chi connectivity index (χ2n) is 10.3. The minimum Gasteiger partial charge on any atom is -0.481 e. The van der Waals surface area contributed by atoms with Crippen molar-refractivity contribution in [3.05, 3.63) is 87.3 Å². The first-order valence-corrected chi connectivity index (χ1v) is 13.1. The Labute approximate surface area is 230 Å². The Morgan fingerprint density at radius 2 is 2.00 bits per heavy atom. The van der Waals surface area contributed by atoms with Gasteiger partial charge >= 0.3 is 0 Å². The number of hydrogen-bond acceptors (Lipinski definition) is 7. The number of carbonyl (C=O) groups is 2.